The highest BCUT2D eigenvalue weighted by Crippen LogP contribution is 2.44. The van der Waals surface area contributed by atoms with E-state index in [1.54, 1.807) is 0 Å². The molecule has 6 nitrogen and oxygen atoms in total. The molecule has 1 atom stereocenters. The van der Waals surface area contributed by atoms with Gasteiger partial charge in [0.2, 0.25) is 0 Å². The molecule has 0 radical (unpaired) electrons. The van der Waals surface area contributed by atoms with Crippen molar-refractivity contribution >= 4 is 19.0 Å². The third kappa shape index (κ3) is 3.01. The van der Waals surface area contributed by atoms with Crippen LogP contribution >= 0.6 is 7.60 Å². The van der Waals surface area contributed by atoms with E-state index >= 15 is 0 Å². The summed E-state index contributed by atoms with van der Waals surface area (Å²) < 4.78 is 14.4. The van der Waals surface area contributed by atoms with Crippen LogP contribution in [0.3, 0.4) is 0 Å². The third-order valence-corrected chi connectivity index (χ3v) is 2.57. The van der Waals surface area contributed by atoms with Crippen molar-refractivity contribution < 1.29 is 19.4 Å². The van der Waals surface area contributed by atoms with E-state index in [1.807, 2.05) is 0 Å². The number of hydrogen-bond acceptors (Lipinski definition) is 5. The Labute approximate surface area is 80.6 Å². The molecule has 0 aromatic heterocycles. The molecular formula is C7H11N2O4P. The Morgan fingerprint density at radius 3 is 2.21 bits per heavy atom. The number of nitrogens with two attached hydrogens (primary N) is 2. The SMILES string of the molecule is Nc1cc(N)cc(CP(=O)(O)OO)c1. The average Bonchev–Trinajstić information content (AvgIpc) is 2.01. The first-order valence-electron chi connectivity index (χ1n) is 3.73. The molecule has 6 N–H and O–H groups in total. The maximum Gasteiger partial charge on any atom is 0.359 e. The Hall–Kier alpha value is -1.07. The molecule has 0 amide bonds. The Morgan fingerprint density at radius 2 is 1.79 bits per heavy atom. The summed E-state index contributed by atoms with van der Waals surface area (Å²) in [5.41, 5.74) is 12.1. The van der Waals surface area contributed by atoms with Crippen molar-refractivity contribution in [2.45, 2.75) is 6.16 Å². The monoisotopic (exact) mass is 218 g/mol. The van der Waals surface area contributed by atoms with Crippen LogP contribution in [0.1, 0.15) is 5.56 Å². The smallest absolute Gasteiger partial charge is 0.359 e. The van der Waals surface area contributed by atoms with Crippen molar-refractivity contribution in [3.63, 3.8) is 0 Å². The van der Waals surface area contributed by atoms with Gasteiger partial charge in [-0.15, -0.1) is 0 Å². The predicted octanol–water partition coefficient (Wildman–Crippen LogP) is 1.03. The molecule has 78 valence electrons. The molecule has 0 aliphatic carbocycles. The quantitative estimate of drug-likeness (QED) is 0.260. The van der Waals surface area contributed by atoms with Gasteiger partial charge in [-0.3, -0.25) is 4.57 Å². The van der Waals surface area contributed by atoms with Gasteiger partial charge in [-0.1, -0.05) is 0 Å². The lowest BCUT2D eigenvalue weighted by Crippen LogP contribution is -1.95. The molecule has 0 saturated heterocycles. The van der Waals surface area contributed by atoms with Gasteiger partial charge in [-0.25, -0.2) is 5.26 Å². The summed E-state index contributed by atoms with van der Waals surface area (Å²) in [6.45, 7) is 0. The molecule has 0 heterocycles. The molecule has 14 heavy (non-hydrogen) atoms. The highest BCUT2D eigenvalue weighted by Gasteiger charge is 2.20. The standard InChI is InChI=1S/C7H11N2O4P/c8-6-1-5(2-7(9)3-6)4-14(11,12)13-10/h1-3,10H,4,8-9H2,(H,11,12). The van der Waals surface area contributed by atoms with Crippen molar-refractivity contribution in [3.8, 4) is 0 Å². The maximum absolute atomic E-state index is 11.0. The van der Waals surface area contributed by atoms with E-state index in [1.165, 1.54) is 18.2 Å². The lowest BCUT2D eigenvalue weighted by atomic mass is 10.2. The van der Waals surface area contributed by atoms with Crippen LogP contribution in [0, 0.1) is 0 Å². The van der Waals surface area contributed by atoms with Crippen molar-refractivity contribution in [2.24, 2.45) is 0 Å². The summed E-state index contributed by atoms with van der Waals surface area (Å²) in [5.74, 6) is 0. The van der Waals surface area contributed by atoms with E-state index < -0.39 is 7.60 Å². The summed E-state index contributed by atoms with van der Waals surface area (Å²) in [7, 11) is -3.99. The Morgan fingerprint density at radius 1 is 1.29 bits per heavy atom. The van der Waals surface area contributed by atoms with E-state index in [0.29, 0.717) is 16.9 Å². The second-order valence-electron chi connectivity index (χ2n) is 2.89. The number of rotatable bonds is 3. The van der Waals surface area contributed by atoms with Gasteiger partial charge in [0.25, 0.3) is 0 Å². The number of hydrogen-bond donors (Lipinski definition) is 4. The normalized spacial score (nSPS) is 15.0. The molecule has 0 fully saturated rings. The van der Waals surface area contributed by atoms with Crippen LogP contribution < -0.4 is 11.5 Å². The van der Waals surface area contributed by atoms with Crippen LogP contribution in [0.2, 0.25) is 0 Å². The van der Waals surface area contributed by atoms with E-state index in [-0.39, 0.29) is 6.16 Å². The largest absolute Gasteiger partial charge is 0.399 e. The lowest BCUT2D eigenvalue weighted by Gasteiger charge is -2.08. The molecule has 0 aliphatic heterocycles. The highest BCUT2D eigenvalue weighted by atomic mass is 31.2. The molecule has 0 spiro atoms. The van der Waals surface area contributed by atoms with Gasteiger partial charge in [0.15, 0.2) is 0 Å². The number of benzene rings is 1. The Balaban J connectivity index is 2.92. The lowest BCUT2D eigenvalue weighted by molar-refractivity contribution is -0.146. The van der Waals surface area contributed by atoms with Gasteiger partial charge in [0, 0.05) is 11.4 Å². The Kier molecular flexibility index (Phi) is 3.13. The first kappa shape index (κ1) is 11.0. The fraction of sp³-hybridized carbons (Fsp3) is 0.143. The molecule has 0 aliphatic rings. The Bertz CT molecular complexity index is 362. The highest BCUT2D eigenvalue weighted by molar-refractivity contribution is 7.51. The molecule has 1 aromatic rings. The molecule has 1 rings (SSSR count). The van der Waals surface area contributed by atoms with Crippen LogP contribution in [0.5, 0.6) is 0 Å². The molecule has 7 heteroatoms. The first-order valence-corrected chi connectivity index (χ1v) is 5.49. The van der Waals surface area contributed by atoms with Crippen LogP contribution in [0.4, 0.5) is 11.4 Å². The number of anilines is 2. The van der Waals surface area contributed by atoms with Gasteiger partial charge in [0.05, 0.1) is 6.16 Å². The first-order chi connectivity index (χ1) is 6.43. The van der Waals surface area contributed by atoms with Gasteiger partial charge in [0.1, 0.15) is 0 Å². The van der Waals surface area contributed by atoms with Gasteiger partial charge < -0.3 is 16.4 Å². The van der Waals surface area contributed by atoms with Crippen molar-refractivity contribution in [2.75, 3.05) is 11.5 Å². The summed E-state index contributed by atoms with van der Waals surface area (Å²) in [6.07, 6.45) is -0.335. The van der Waals surface area contributed by atoms with Gasteiger partial charge in [-0.2, -0.15) is 4.67 Å². The van der Waals surface area contributed by atoms with Crippen LogP contribution in [0.15, 0.2) is 18.2 Å². The molecule has 1 unspecified atom stereocenters. The van der Waals surface area contributed by atoms with Crippen molar-refractivity contribution in [1.82, 2.24) is 0 Å². The zero-order valence-electron chi connectivity index (χ0n) is 7.25. The third-order valence-electron chi connectivity index (χ3n) is 1.55. The average molecular weight is 218 g/mol. The zero-order valence-corrected chi connectivity index (χ0v) is 8.15. The summed E-state index contributed by atoms with van der Waals surface area (Å²) in [4.78, 5) is 8.96. The van der Waals surface area contributed by atoms with Crippen LogP contribution in [-0.4, -0.2) is 10.2 Å². The minimum atomic E-state index is -3.99. The second-order valence-corrected chi connectivity index (χ2v) is 4.64. The topological polar surface area (TPSA) is 119 Å². The summed E-state index contributed by atoms with van der Waals surface area (Å²) in [6, 6.07) is 4.49. The van der Waals surface area contributed by atoms with E-state index in [0.717, 1.165) is 0 Å². The molecule has 0 bridgehead atoms. The van der Waals surface area contributed by atoms with Gasteiger partial charge in [-0.05, 0) is 23.8 Å². The van der Waals surface area contributed by atoms with E-state index in [9.17, 15) is 4.57 Å². The molecular weight excluding hydrogens is 207 g/mol. The fourth-order valence-electron chi connectivity index (χ4n) is 1.10. The van der Waals surface area contributed by atoms with Crippen LogP contribution in [-0.2, 0) is 15.4 Å². The summed E-state index contributed by atoms with van der Waals surface area (Å²) >= 11 is 0. The van der Waals surface area contributed by atoms with E-state index in [4.69, 9.17) is 21.6 Å². The second kappa shape index (κ2) is 3.98. The van der Waals surface area contributed by atoms with E-state index in [2.05, 4.69) is 4.67 Å². The van der Waals surface area contributed by atoms with Gasteiger partial charge >= 0.3 is 7.60 Å². The molecule has 1 aromatic carbocycles. The zero-order chi connectivity index (χ0) is 10.8. The molecule has 0 saturated carbocycles. The van der Waals surface area contributed by atoms with Crippen molar-refractivity contribution in [3.05, 3.63) is 23.8 Å². The fourth-order valence-corrected chi connectivity index (χ4v) is 1.80. The minimum absolute atomic E-state index is 0.335. The number of nitrogen functional groups attached to an aromatic ring is 2. The summed E-state index contributed by atoms with van der Waals surface area (Å²) in [5, 5.41) is 8.12. The minimum Gasteiger partial charge on any atom is -0.399 e. The van der Waals surface area contributed by atoms with Crippen LogP contribution in [0.25, 0.3) is 0 Å². The predicted molar refractivity (Wildman–Crippen MR) is 52.5 cm³/mol. The maximum atomic E-state index is 11.0. The van der Waals surface area contributed by atoms with Crippen molar-refractivity contribution in [1.29, 1.82) is 0 Å².